The molecule has 2 N–H and O–H groups in total. The highest BCUT2D eigenvalue weighted by molar-refractivity contribution is 6.31. The number of aromatic nitrogens is 2. The van der Waals surface area contributed by atoms with Gasteiger partial charge in [0.15, 0.2) is 0 Å². The van der Waals surface area contributed by atoms with Crippen molar-refractivity contribution >= 4 is 28.6 Å². The zero-order chi connectivity index (χ0) is 14.2. The van der Waals surface area contributed by atoms with Crippen LogP contribution in [0.1, 0.15) is 39.7 Å². The smallest absolute Gasteiger partial charge is 0.201 e. The first-order valence-corrected chi connectivity index (χ1v) is 6.94. The summed E-state index contributed by atoms with van der Waals surface area (Å²) < 4.78 is 15.4. The van der Waals surface area contributed by atoms with Gasteiger partial charge in [0.05, 0.1) is 16.1 Å². The largest absolute Gasteiger partial charge is 0.369 e. The molecule has 0 fully saturated rings. The average molecular weight is 284 g/mol. The molecule has 104 valence electrons. The van der Waals surface area contributed by atoms with Crippen molar-refractivity contribution in [1.82, 2.24) is 9.55 Å². The molecule has 5 heteroatoms. The van der Waals surface area contributed by atoms with E-state index in [2.05, 4.69) is 25.8 Å². The highest BCUT2D eigenvalue weighted by Gasteiger charge is 2.17. The summed E-state index contributed by atoms with van der Waals surface area (Å²) in [7, 11) is 0. The summed E-state index contributed by atoms with van der Waals surface area (Å²) in [5, 5.41) is 0.101. The van der Waals surface area contributed by atoms with Gasteiger partial charge in [0.25, 0.3) is 0 Å². The Morgan fingerprint density at radius 2 is 2.11 bits per heavy atom. The molecule has 2 unspecified atom stereocenters. The Balaban J connectivity index is 2.47. The SMILES string of the molecule is CCC(C)CC(C)n1c(N)nc2cc(F)c(Cl)cc21. The molecule has 2 rings (SSSR count). The number of halogens is 2. The number of benzene rings is 1. The van der Waals surface area contributed by atoms with Gasteiger partial charge in [-0.25, -0.2) is 9.37 Å². The van der Waals surface area contributed by atoms with E-state index in [0.717, 1.165) is 18.4 Å². The van der Waals surface area contributed by atoms with Crippen LogP contribution in [0.3, 0.4) is 0 Å². The fraction of sp³-hybridized carbons (Fsp3) is 0.500. The predicted molar refractivity (Wildman–Crippen MR) is 77.9 cm³/mol. The number of imidazole rings is 1. The third kappa shape index (κ3) is 2.68. The van der Waals surface area contributed by atoms with E-state index < -0.39 is 5.82 Å². The molecule has 0 radical (unpaired) electrons. The van der Waals surface area contributed by atoms with E-state index in [0.29, 0.717) is 17.4 Å². The lowest BCUT2D eigenvalue weighted by Crippen LogP contribution is -2.11. The van der Waals surface area contributed by atoms with Crippen LogP contribution in [-0.4, -0.2) is 9.55 Å². The summed E-state index contributed by atoms with van der Waals surface area (Å²) in [6.45, 7) is 6.47. The molecule has 0 aliphatic carbocycles. The fourth-order valence-electron chi connectivity index (χ4n) is 2.43. The fourth-order valence-corrected chi connectivity index (χ4v) is 2.58. The molecule has 0 amide bonds. The number of rotatable bonds is 4. The molecule has 0 saturated heterocycles. The van der Waals surface area contributed by atoms with Gasteiger partial charge in [0, 0.05) is 12.1 Å². The molecule has 0 saturated carbocycles. The Bertz CT molecular complexity index is 594. The lowest BCUT2D eigenvalue weighted by molar-refractivity contribution is 0.407. The molecule has 0 bridgehead atoms. The third-order valence-electron chi connectivity index (χ3n) is 3.64. The van der Waals surface area contributed by atoms with Gasteiger partial charge in [-0.15, -0.1) is 0 Å². The van der Waals surface area contributed by atoms with Gasteiger partial charge in [0.2, 0.25) is 5.95 Å². The van der Waals surface area contributed by atoms with E-state index >= 15 is 0 Å². The van der Waals surface area contributed by atoms with Crippen molar-refractivity contribution in [3.63, 3.8) is 0 Å². The molecular weight excluding hydrogens is 265 g/mol. The topological polar surface area (TPSA) is 43.8 Å². The molecule has 3 nitrogen and oxygen atoms in total. The Labute approximate surface area is 117 Å². The van der Waals surface area contributed by atoms with Crippen molar-refractivity contribution in [3.8, 4) is 0 Å². The number of anilines is 1. The number of hydrogen-bond acceptors (Lipinski definition) is 2. The zero-order valence-electron chi connectivity index (χ0n) is 11.5. The molecule has 19 heavy (non-hydrogen) atoms. The van der Waals surface area contributed by atoms with Crippen molar-refractivity contribution in [2.45, 2.75) is 39.7 Å². The molecule has 1 aromatic heterocycles. The third-order valence-corrected chi connectivity index (χ3v) is 3.93. The number of fused-ring (bicyclic) bond motifs is 1. The molecule has 1 aromatic carbocycles. The molecular formula is C14H19ClFN3. The van der Waals surface area contributed by atoms with Crippen molar-refractivity contribution in [2.75, 3.05) is 5.73 Å². The molecule has 0 aliphatic heterocycles. The summed E-state index contributed by atoms with van der Waals surface area (Å²) in [4.78, 5) is 4.21. The van der Waals surface area contributed by atoms with Crippen LogP contribution in [0.5, 0.6) is 0 Å². The Hall–Kier alpha value is -1.29. The second-order valence-electron chi connectivity index (χ2n) is 5.19. The van der Waals surface area contributed by atoms with Crippen LogP contribution >= 0.6 is 11.6 Å². The first-order valence-electron chi connectivity index (χ1n) is 6.56. The minimum Gasteiger partial charge on any atom is -0.369 e. The van der Waals surface area contributed by atoms with Crippen LogP contribution in [0.25, 0.3) is 11.0 Å². The summed E-state index contributed by atoms with van der Waals surface area (Å²) >= 11 is 5.85. The Kier molecular flexibility index (Phi) is 3.99. The maximum absolute atomic E-state index is 13.4. The van der Waals surface area contributed by atoms with Crippen molar-refractivity contribution in [1.29, 1.82) is 0 Å². The molecule has 0 aliphatic rings. The predicted octanol–water partition coefficient (Wildman–Crippen LogP) is 4.41. The van der Waals surface area contributed by atoms with Gasteiger partial charge in [-0.3, -0.25) is 0 Å². The van der Waals surface area contributed by atoms with Crippen molar-refractivity contribution < 1.29 is 4.39 Å². The van der Waals surface area contributed by atoms with Crippen LogP contribution < -0.4 is 5.73 Å². The van der Waals surface area contributed by atoms with Crippen LogP contribution in [0.4, 0.5) is 10.3 Å². The van der Waals surface area contributed by atoms with Crippen molar-refractivity contribution in [3.05, 3.63) is 23.0 Å². The van der Waals surface area contributed by atoms with Crippen LogP contribution in [0, 0.1) is 11.7 Å². The van der Waals surface area contributed by atoms with Gasteiger partial charge < -0.3 is 10.3 Å². The first kappa shape index (κ1) is 14.1. The van der Waals surface area contributed by atoms with Crippen LogP contribution in [-0.2, 0) is 0 Å². The van der Waals surface area contributed by atoms with E-state index in [-0.39, 0.29) is 11.1 Å². The second-order valence-corrected chi connectivity index (χ2v) is 5.60. The average Bonchev–Trinajstić information content (AvgIpc) is 2.65. The lowest BCUT2D eigenvalue weighted by atomic mass is 10.00. The van der Waals surface area contributed by atoms with Gasteiger partial charge in [0.1, 0.15) is 5.82 Å². The minimum absolute atomic E-state index is 0.101. The molecule has 1 heterocycles. The quantitative estimate of drug-likeness (QED) is 0.903. The maximum Gasteiger partial charge on any atom is 0.201 e. The van der Waals surface area contributed by atoms with E-state index in [1.807, 2.05) is 4.57 Å². The number of nitrogen functional groups attached to an aromatic ring is 1. The lowest BCUT2D eigenvalue weighted by Gasteiger charge is -2.19. The van der Waals surface area contributed by atoms with E-state index in [1.165, 1.54) is 6.07 Å². The summed E-state index contributed by atoms with van der Waals surface area (Å²) in [6, 6.07) is 3.14. The normalized spacial score (nSPS) is 14.8. The number of nitrogens with zero attached hydrogens (tertiary/aromatic N) is 2. The minimum atomic E-state index is -0.464. The highest BCUT2D eigenvalue weighted by Crippen LogP contribution is 2.30. The van der Waals surface area contributed by atoms with E-state index in [1.54, 1.807) is 6.07 Å². The standard InChI is InChI=1S/C14H19ClFN3/c1-4-8(2)5-9(3)19-13-6-10(15)11(16)7-12(13)18-14(19)17/h6-9H,4-5H2,1-3H3,(H2,17,18). The van der Waals surface area contributed by atoms with Gasteiger partial charge >= 0.3 is 0 Å². The molecule has 0 spiro atoms. The van der Waals surface area contributed by atoms with E-state index in [9.17, 15) is 4.39 Å². The van der Waals surface area contributed by atoms with Gasteiger partial charge in [-0.1, -0.05) is 31.9 Å². The van der Waals surface area contributed by atoms with Crippen LogP contribution in [0.2, 0.25) is 5.02 Å². The summed E-state index contributed by atoms with van der Waals surface area (Å²) in [5.74, 6) is 0.545. The zero-order valence-corrected chi connectivity index (χ0v) is 12.2. The van der Waals surface area contributed by atoms with Crippen LogP contribution in [0.15, 0.2) is 12.1 Å². The summed E-state index contributed by atoms with van der Waals surface area (Å²) in [6.07, 6.45) is 2.12. The Morgan fingerprint density at radius 1 is 1.42 bits per heavy atom. The number of hydrogen-bond donors (Lipinski definition) is 1. The van der Waals surface area contributed by atoms with Crippen molar-refractivity contribution in [2.24, 2.45) is 5.92 Å². The summed E-state index contributed by atoms with van der Waals surface area (Å²) in [5.41, 5.74) is 7.30. The van der Waals surface area contributed by atoms with E-state index in [4.69, 9.17) is 17.3 Å². The maximum atomic E-state index is 13.4. The molecule has 2 atom stereocenters. The van der Waals surface area contributed by atoms with Gasteiger partial charge in [-0.2, -0.15) is 0 Å². The first-order chi connectivity index (χ1) is 8.93. The highest BCUT2D eigenvalue weighted by atomic mass is 35.5. The second kappa shape index (κ2) is 5.37. The monoisotopic (exact) mass is 283 g/mol. The number of nitrogens with two attached hydrogens (primary N) is 1. The molecule has 2 aromatic rings. The van der Waals surface area contributed by atoms with Gasteiger partial charge in [-0.05, 0) is 25.3 Å². The Morgan fingerprint density at radius 3 is 2.74 bits per heavy atom.